The molecule has 1 saturated carbocycles. The highest BCUT2D eigenvalue weighted by atomic mass is 32.1. The number of rotatable bonds is 4. The number of carbonyl (C=O) groups excluding carboxylic acids is 1. The summed E-state index contributed by atoms with van der Waals surface area (Å²) in [6.07, 6.45) is 3.84. The molecule has 30 heavy (non-hydrogen) atoms. The zero-order chi connectivity index (χ0) is 21.0. The van der Waals surface area contributed by atoms with Crippen LogP contribution in [0.15, 0.2) is 16.5 Å². The average molecular weight is 451 g/mol. The van der Waals surface area contributed by atoms with E-state index in [1.165, 1.54) is 22.7 Å². The lowest BCUT2D eigenvalue weighted by atomic mass is 9.67. The molecule has 0 spiro atoms. The lowest BCUT2D eigenvalue weighted by Gasteiger charge is -2.39. The molecule has 6 rings (SSSR count). The Balaban J connectivity index is 1.54. The molecule has 2 bridgehead atoms. The first-order chi connectivity index (χ1) is 14.4. The Bertz CT molecular complexity index is 1030. The van der Waals surface area contributed by atoms with E-state index in [0.717, 1.165) is 58.7 Å². The third-order valence-corrected chi connectivity index (χ3v) is 8.82. The predicted molar refractivity (Wildman–Crippen MR) is 115 cm³/mol. The molecule has 2 N–H and O–H groups in total. The van der Waals surface area contributed by atoms with Crippen molar-refractivity contribution in [3.63, 3.8) is 0 Å². The van der Waals surface area contributed by atoms with Gasteiger partial charge in [-0.2, -0.15) is 0 Å². The van der Waals surface area contributed by atoms with Crippen LogP contribution in [0.25, 0.3) is 10.6 Å². The summed E-state index contributed by atoms with van der Waals surface area (Å²) in [7, 11) is 0. The molecule has 2 aromatic heterocycles. The van der Waals surface area contributed by atoms with Crippen LogP contribution in [0.4, 0.5) is 13.8 Å². The van der Waals surface area contributed by atoms with Crippen LogP contribution in [0.2, 0.25) is 0 Å². The van der Waals surface area contributed by atoms with Gasteiger partial charge in [0, 0.05) is 39.9 Å². The monoisotopic (exact) mass is 450 g/mol. The Morgan fingerprint density at radius 1 is 1.30 bits per heavy atom. The fraction of sp³-hybridized carbons (Fsp3) is 0.545. The lowest BCUT2D eigenvalue weighted by molar-refractivity contribution is -0.113. The molecule has 1 amide bonds. The van der Waals surface area contributed by atoms with Crippen LogP contribution >= 0.6 is 22.7 Å². The SMILES string of the molecule is Cc1csc(-c2c(NC(=O)C3=C(CO)C4CCC3CC4)sc3c2CCC(F)(F)C3)n1. The third kappa shape index (κ3) is 3.42. The van der Waals surface area contributed by atoms with E-state index in [2.05, 4.69) is 10.3 Å². The van der Waals surface area contributed by atoms with E-state index >= 15 is 0 Å². The van der Waals surface area contributed by atoms with Crippen molar-refractivity contribution in [3.8, 4) is 10.6 Å². The maximum atomic E-state index is 14.1. The molecule has 4 nitrogen and oxygen atoms in total. The number of hydrogen-bond donors (Lipinski definition) is 2. The molecule has 2 aromatic rings. The van der Waals surface area contributed by atoms with Gasteiger partial charge in [-0.05, 0) is 62.0 Å². The van der Waals surface area contributed by atoms with Gasteiger partial charge in [-0.1, -0.05) is 0 Å². The molecule has 2 heterocycles. The Hall–Kier alpha value is -1.64. The van der Waals surface area contributed by atoms with Gasteiger partial charge in [0.1, 0.15) is 10.0 Å². The topological polar surface area (TPSA) is 62.2 Å². The number of aliphatic hydroxyl groups is 1. The molecule has 0 radical (unpaired) electrons. The van der Waals surface area contributed by atoms with Crippen molar-refractivity contribution < 1.29 is 18.7 Å². The molecule has 0 unspecified atom stereocenters. The Morgan fingerprint density at radius 2 is 2.03 bits per heavy atom. The van der Waals surface area contributed by atoms with Crippen LogP contribution in [0.5, 0.6) is 0 Å². The first kappa shape index (κ1) is 20.3. The van der Waals surface area contributed by atoms with Crippen molar-refractivity contribution in [2.75, 3.05) is 11.9 Å². The molecule has 8 heteroatoms. The third-order valence-electron chi connectivity index (χ3n) is 6.70. The van der Waals surface area contributed by atoms with Gasteiger partial charge < -0.3 is 10.4 Å². The van der Waals surface area contributed by atoms with Crippen LogP contribution in [-0.2, 0) is 17.6 Å². The Labute approximate surface area is 182 Å². The molecule has 160 valence electrons. The lowest BCUT2D eigenvalue weighted by Crippen LogP contribution is -2.34. The number of anilines is 1. The van der Waals surface area contributed by atoms with Gasteiger partial charge in [0.05, 0.1) is 6.61 Å². The summed E-state index contributed by atoms with van der Waals surface area (Å²) < 4.78 is 28.1. The molecular weight excluding hydrogens is 426 g/mol. The van der Waals surface area contributed by atoms with E-state index in [1.54, 1.807) is 0 Å². The standard InChI is InChI=1S/C22H24F2N2O2S2/c1-11-10-29-20(25-11)18-14-6-7-22(23,24)8-16(14)30-21(18)26-19(28)17-13-4-2-12(3-5-13)15(17)9-27/h10,12-13,27H,2-9H2,1H3,(H,26,28). The van der Waals surface area contributed by atoms with Gasteiger partial charge in [-0.3, -0.25) is 4.79 Å². The molecule has 0 atom stereocenters. The maximum absolute atomic E-state index is 14.1. The zero-order valence-electron chi connectivity index (χ0n) is 16.8. The number of amides is 1. The van der Waals surface area contributed by atoms with Crippen molar-refractivity contribution in [1.29, 1.82) is 0 Å². The first-order valence-corrected chi connectivity index (χ1v) is 12.2. The van der Waals surface area contributed by atoms with Crippen LogP contribution in [0.1, 0.15) is 48.2 Å². The van der Waals surface area contributed by atoms with E-state index in [0.29, 0.717) is 9.88 Å². The van der Waals surface area contributed by atoms with Crippen molar-refractivity contribution in [1.82, 2.24) is 4.98 Å². The predicted octanol–water partition coefficient (Wildman–Crippen LogP) is 5.35. The summed E-state index contributed by atoms with van der Waals surface area (Å²) >= 11 is 2.74. The van der Waals surface area contributed by atoms with Crippen molar-refractivity contribution in [2.24, 2.45) is 11.8 Å². The van der Waals surface area contributed by atoms with Gasteiger partial charge >= 0.3 is 0 Å². The number of fused-ring (bicyclic) bond motifs is 3. The molecule has 1 fully saturated rings. The van der Waals surface area contributed by atoms with Gasteiger partial charge in [-0.25, -0.2) is 13.8 Å². The highest BCUT2D eigenvalue weighted by Crippen LogP contribution is 2.49. The highest BCUT2D eigenvalue weighted by Gasteiger charge is 2.40. The van der Waals surface area contributed by atoms with Crippen LogP contribution in [0, 0.1) is 18.8 Å². The smallest absolute Gasteiger partial charge is 0.253 e. The second-order valence-corrected chi connectivity index (χ2v) is 10.6. The fourth-order valence-corrected chi connectivity index (χ4v) is 7.52. The zero-order valence-corrected chi connectivity index (χ0v) is 18.4. The minimum atomic E-state index is -2.70. The fourth-order valence-electron chi connectivity index (χ4n) is 5.26. The second-order valence-electron chi connectivity index (χ2n) is 8.63. The number of nitrogens with one attached hydrogen (secondary N) is 1. The van der Waals surface area contributed by atoms with Gasteiger partial charge in [0.15, 0.2) is 0 Å². The molecule has 0 saturated heterocycles. The van der Waals surface area contributed by atoms with E-state index in [4.69, 9.17) is 0 Å². The van der Waals surface area contributed by atoms with E-state index in [-0.39, 0.29) is 43.6 Å². The van der Waals surface area contributed by atoms with E-state index in [9.17, 15) is 18.7 Å². The van der Waals surface area contributed by atoms with Crippen LogP contribution in [-0.4, -0.2) is 28.5 Å². The van der Waals surface area contributed by atoms with Gasteiger partial charge in [-0.15, -0.1) is 22.7 Å². The number of aryl methyl sites for hydroxylation is 1. The van der Waals surface area contributed by atoms with E-state index in [1.807, 2.05) is 12.3 Å². The minimum Gasteiger partial charge on any atom is -0.392 e. The van der Waals surface area contributed by atoms with Crippen LogP contribution < -0.4 is 5.32 Å². The van der Waals surface area contributed by atoms with E-state index < -0.39 is 5.92 Å². The average Bonchev–Trinajstić information content (AvgIpc) is 3.29. The number of halogens is 2. The normalized spacial score (nSPS) is 24.8. The maximum Gasteiger partial charge on any atom is 0.253 e. The number of aliphatic hydroxyl groups excluding tert-OH is 1. The summed E-state index contributed by atoms with van der Waals surface area (Å²) in [6, 6.07) is 0. The highest BCUT2D eigenvalue weighted by molar-refractivity contribution is 7.18. The number of thiazole rings is 1. The number of carbonyl (C=O) groups is 1. The summed E-state index contributed by atoms with van der Waals surface area (Å²) in [5.74, 6) is -2.42. The van der Waals surface area contributed by atoms with Crippen molar-refractivity contribution in [3.05, 3.63) is 32.7 Å². The van der Waals surface area contributed by atoms with Gasteiger partial charge in [0.2, 0.25) is 0 Å². The summed E-state index contributed by atoms with van der Waals surface area (Å²) in [4.78, 5) is 18.5. The molecule has 0 aliphatic heterocycles. The first-order valence-electron chi connectivity index (χ1n) is 10.5. The number of nitrogens with zero attached hydrogens (tertiary/aromatic N) is 1. The largest absolute Gasteiger partial charge is 0.392 e. The summed E-state index contributed by atoms with van der Waals surface area (Å²) in [5.41, 5.74) is 4.18. The van der Waals surface area contributed by atoms with Crippen molar-refractivity contribution in [2.45, 2.75) is 57.8 Å². The van der Waals surface area contributed by atoms with Gasteiger partial charge in [0.25, 0.3) is 11.8 Å². The summed E-state index contributed by atoms with van der Waals surface area (Å²) in [5, 5.41) is 16.3. The van der Waals surface area contributed by atoms with Crippen LogP contribution in [0.3, 0.4) is 0 Å². The Kier molecular flexibility index (Phi) is 5.07. The number of thiophene rings is 1. The Morgan fingerprint density at radius 3 is 2.70 bits per heavy atom. The second kappa shape index (κ2) is 7.50. The molecule has 4 aliphatic carbocycles. The number of hydrogen-bond acceptors (Lipinski definition) is 5. The molecule has 4 aliphatic rings. The number of aromatic nitrogens is 1. The number of alkyl halides is 2. The minimum absolute atomic E-state index is 0.0877. The molecular formula is C22H24F2N2O2S2. The quantitative estimate of drug-likeness (QED) is 0.660. The molecule has 0 aromatic carbocycles. The van der Waals surface area contributed by atoms with Crippen molar-refractivity contribution >= 4 is 33.6 Å². The summed E-state index contributed by atoms with van der Waals surface area (Å²) in [6.45, 7) is 1.82.